The summed E-state index contributed by atoms with van der Waals surface area (Å²) in [5.41, 5.74) is 4.13. The molecule has 0 fully saturated rings. The Morgan fingerprint density at radius 2 is 2.14 bits per heavy atom. The van der Waals surface area contributed by atoms with E-state index < -0.39 is 9.84 Å². The number of sulfone groups is 1. The second-order valence-electron chi connectivity index (χ2n) is 3.08. The minimum Gasteiger partial charge on any atom is -0.279 e. The summed E-state index contributed by atoms with van der Waals surface area (Å²) in [6.07, 6.45) is 1.21. The third-order valence-electron chi connectivity index (χ3n) is 1.58. The van der Waals surface area contributed by atoms with Crippen molar-refractivity contribution >= 4 is 15.5 Å². The highest BCUT2D eigenvalue weighted by molar-refractivity contribution is 7.89. The summed E-state index contributed by atoms with van der Waals surface area (Å²) in [4.78, 5) is 4.71. The monoisotopic (exact) mass is 215 g/mol. The molecule has 0 saturated heterocycles. The van der Waals surface area contributed by atoms with Gasteiger partial charge in [-0.25, -0.2) is 8.42 Å². The van der Waals surface area contributed by atoms with Gasteiger partial charge in [0.15, 0.2) is 9.84 Å². The predicted octanol–water partition coefficient (Wildman–Crippen LogP) is 1.20. The van der Waals surface area contributed by atoms with Crippen molar-refractivity contribution in [1.29, 1.82) is 0 Å². The van der Waals surface area contributed by atoms with Crippen LogP contribution in [0.2, 0.25) is 0 Å². The van der Waals surface area contributed by atoms with Crippen molar-refractivity contribution in [2.24, 2.45) is 0 Å². The van der Waals surface area contributed by atoms with Gasteiger partial charge >= 0.3 is 0 Å². The fourth-order valence-corrected chi connectivity index (χ4v) is 1.93. The molecular weight excluding hydrogens is 202 g/mol. The summed E-state index contributed by atoms with van der Waals surface area (Å²) in [7, 11) is -1.47. The zero-order valence-electron chi connectivity index (χ0n) is 8.15. The van der Waals surface area contributed by atoms with Crippen LogP contribution in [0, 0.1) is 0 Å². The molecule has 0 aromatic heterocycles. The van der Waals surface area contributed by atoms with E-state index in [1.54, 1.807) is 24.3 Å². The van der Waals surface area contributed by atoms with E-state index in [4.69, 9.17) is 4.84 Å². The van der Waals surface area contributed by atoms with Crippen LogP contribution in [0.15, 0.2) is 24.3 Å². The zero-order chi connectivity index (χ0) is 10.6. The van der Waals surface area contributed by atoms with Crippen LogP contribution in [0.4, 0.5) is 5.69 Å². The van der Waals surface area contributed by atoms with Gasteiger partial charge in [-0.2, -0.15) is 0 Å². The molecule has 5 heteroatoms. The molecule has 0 unspecified atom stereocenters. The second kappa shape index (κ2) is 4.43. The maximum absolute atomic E-state index is 11.0. The van der Waals surface area contributed by atoms with Crippen molar-refractivity contribution in [3.8, 4) is 0 Å². The molecule has 0 atom stereocenters. The smallest absolute Gasteiger partial charge is 0.151 e. The Balaban J connectivity index is 2.83. The number of hydrogen-bond donors (Lipinski definition) is 1. The maximum atomic E-state index is 11.0. The lowest BCUT2D eigenvalue weighted by molar-refractivity contribution is 0.271. The summed E-state index contributed by atoms with van der Waals surface area (Å²) >= 11 is 0. The molecule has 1 rings (SSSR count). The molecule has 0 amide bonds. The SMILES string of the molecule is CONc1cccc(CS(C)(=O)=O)c1. The first-order valence-electron chi connectivity index (χ1n) is 4.07. The molecule has 14 heavy (non-hydrogen) atoms. The molecule has 0 aliphatic rings. The van der Waals surface area contributed by atoms with Gasteiger partial charge in [-0.05, 0) is 17.7 Å². The lowest BCUT2D eigenvalue weighted by Crippen LogP contribution is -2.02. The molecule has 0 radical (unpaired) electrons. The van der Waals surface area contributed by atoms with Gasteiger partial charge in [0.2, 0.25) is 0 Å². The van der Waals surface area contributed by atoms with Crippen molar-refractivity contribution in [3.05, 3.63) is 29.8 Å². The molecule has 1 aromatic carbocycles. The Morgan fingerprint density at radius 3 is 2.71 bits per heavy atom. The van der Waals surface area contributed by atoms with Gasteiger partial charge in [0.05, 0.1) is 18.6 Å². The van der Waals surface area contributed by atoms with Crippen LogP contribution in [-0.4, -0.2) is 21.8 Å². The first kappa shape index (κ1) is 11.0. The fourth-order valence-electron chi connectivity index (χ4n) is 1.15. The molecule has 0 aliphatic heterocycles. The van der Waals surface area contributed by atoms with Gasteiger partial charge in [0.1, 0.15) is 0 Å². The summed E-state index contributed by atoms with van der Waals surface area (Å²) < 4.78 is 22.0. The van der Waals surface area contributed by atoms with Gasteiger partial charge in [-0.3, -0.25) is 10.3 Å². The van der Waals surface area contributed by atoms with E-state index in [1.807, 2.05) is 0 Å². The van der Waals surface area contributed by atoms with Crippen molar-refractivity contribution < 1.29 is 13.3 Å². The minimum atomic E-state index is -2.98. The average molecular weight is 215 g/mol. The quantitative estimate of drug-likeness (QED) is 0.767. The number of benzene rings is 1. The normalized spacial score (nSPS) is 11.3. The Morgan fingerprint density at radius 1 is 1.43 bits per heavy atom. The highest BCUT2D eigenvalue weighted by Crippen LogP contribution is 2.12. The van der Waals surface area contributed by atoms with E-state index in [0.717, 1.165) is 11.3 Å². The number of rotatable bonds is 4. The highest BCUT2D eigenvalue weighted by Gasteiger charge is 2.04. The Hall–Kier alpha value is -1.07. The van der Waals surface area contributed by atoms with E-state index in [9.17, 15) is 8.42 Å². The van der Waals surface area contributed by atoms with E-state index in [2.05, 4.69) is 5.48 Å². The summed E-state index contributed by atoms with van der Waals surface area (Å²) in [6.45, 7) is 0. The Kier molecular flexibility index (Phi) is 3.49. The molecule has 0 aliphatic carbocycles. The zero-order valence-corrected chi connectivity index (χ0v) is 8.97. The Labute approximate surface area is 83.8 Å². The molecule has 0 saturated carbocycles. The average Bonchev–Trinajstić information content (AvgIpc) is 2.02. The number of nitrogens with one attached hydrogen (secondary N) is 1. The van der Waals surface area contributed by atoms with Gasteiger partial charge in [-0.1, -0.05) is 12.1 Å². The molecule has 4 nitrogen and oxygen atoms in total. The summed E-state index contributed by atoms with van der Waals surface area (Å²) in [5.74, 6) is 0.0479. The molecular formula is C9H13NO3S. The van der Waals surface area contributed by atoms with Crippen LogP contribution in [-0.2, 0) is 20.4 Å². The lowest BCUT2D eigenvalue weighted by Gasteiger charge is -2.04. The standard InChI is InChI=1S/C9H13NO3S/c1-13-10-9-5-3-4-8(6-9)7-14(2,11)12/h3-6,10H,7H2,1-2H3. The van der Waals surface area contributed by atoms with Crippen LogP contribution in [0.1, 0.15) is 5.56 Å². The fraction of sp³-hybridized carbons (Fsp3) is 0.333. The third kappa shape index (κ3) is 3.76. The van der Waals surface area contributed by atoms with Crippen LogP contribution >= 0.6 is 0 Å². The summed E-state index contributed by atoms with van der Waals surface area (Å²) in [5, 5.41) is 0. The first-order valence-corrected chi connectivity index (χ1v) is 6.13. The molecule has 0 heterocycles. The van der Waals surface area contributed by atoms with Crippen LogP contribution < -0.4 is 5.48 Å². The second-order valence-corrected chi connectivity index (χ2v) is 5.22. The van der Waals surface area contributed by atoms with Gasteiger partial charge in [0.25, 0.3) is 0 Å². The minimum absolute atomic E-state index is 0.0479. The first-order chi connectivity index (χ1) is 6.51. The van der Waals surface area contributed by atoms with Crippen molar-refractivity contribution in [3.63, 3.8) is 0 Å². The maximum Gasteiger partial charge on any atom is 0.151 e. The van der Waals surface area contributed by atoms with E-state index in [-0.39, 0.29) is 5.75 Å². The summed E-state index contributed by atoms with van der Waals surface area (Å²) in [6, 6.07) is 7.09. The van der Waals surface area contributed by atoms with Gasteiger partial charge in [-0.15, -0.1) is 0 Å². The van der Waals surface area contributed by atoms with Crippen LogP contribution in [0.5, 0.6) is 0 Å². The van der Waals surface area contributed by atoms with E-state index in [1.165, 1.54) is 13.4 Å². The van der Waals surface area contributed by atoms with Crippen LogP contribution in [0.25, 0.3) is 0 Å². The van der Waals surface area contributed by atoms with Crippen molar-refractivity contribution in [2.75, 3.05) is 18.8 Å². The lowest BCUT2D eigenvalue weighted by atomic mass is 10.2. The molecule has 0 bridgehead atoms. The number of anilines is 1. The van der Waals surface area contributed by atoms with Crippen molar-refractivity contribution in [2.45, 2.75) is 5.75 Å². The predicted molar refractivity (Wildman–Crippen MR) is 55.6 cm³/mol. The van der Waals surface area contributed by atoms with Crippen molar-refractivity contribution in [1.82, 2.24) is 0 Å². The largest absolute Gasteiger partial charge is 0.279 e. The van der Waals surface area contributed by atoms with Gasteiger partial charge in [0, 0.05) is 6.26 Å². The molecule has 0 spiro atoms. The van der Waals surface area contributed by atoms with Gasteiger partial charge < -0.3 is 0 Å². The number of hydrogen-bond acceptors (Lipinski definition) is 4. The molecule has 1 aromatic rings. The third-order valence-corrected chi connectivity index (χ3v) is 2.43. The van der Waals surface area contributed by atoms with Crippen LogP contribution in [0.3, 0.4) is 0 Å². The highest BCUT2D eigenvalue weighted by atomic mass is 32.2. The molecule has 78 valence electrons. The Bertz CT molecular complexity index is 400. The van der Waals surface area contributed by atoms with E-state index in [0.29, 0.717) is 0 Å². The molecule has 1 N–H and O–H groups in total. The topological polar surface area (TPSA) is 55.4 Å². The van der Waals surface area contributed by atoms with E-state index >= 15 is 0 Å².